The molecule has 4 heteroatoms. The maximum Gasteiger partial charge on any atom is 0.306 e. The number of carboxylic acids is 1. The molecule has 1 fully saturated rings. The maximum atomic E-state index is 11.2. The van der Waals surface area contributed by atoms with Gasteiger partial charge in [-0.1, -0.05) is 25.5 Å². The maximum absolute atomic E-state index is 11.2. The van der Waals surface area contributed by atoms with Gasteiger partial charge in [-0.05, 0) is 36.5 Å². The lowest BCUT2D eigenvalue weighted by molar-refractivity contribution is -0.143. The molecule has 0 saturated heterocycles. The summed E-state index contributed by atoms with van der Waals surface area (Å²) in [7, 11) is 1.64. The van der Waals surface area contributed by atoms with Crippen LogP contribution in [0.3, 0.4) is 0 Å². The molecule has 3 atom stereocenters. The highest BCUT2D eigenvalue weighted by molar-refractivity contribution is 5.70. The van der Waals surface area contributed by atoms with Crippen LogP contribution >= 0.6 is 0 Å². The SMILES string of the molecule is CC[C@@H]1C[C@@H](OCc2ccc(OC)cc2)C[C@@H]1C(=O)O. The number of ether oxygens (including phenoxy) is 2. The van der Waals surface area contributed by atoms with E-state index < -0.39 is 5.97 Å². The van der Waals surface area contributed by atoms with Crippen molar-refractivity contribution >= 4 is 5.97 Å². The van der Waals surface area contributed by atoms with Crippen LogP contribution < -0.4 is 4.74 Å². The van der Waals surface area contributed by atoms with Gasteiger partial charge in [0.1, 0.15) is 5.75 Å². The number of rotatable bonds is 6. The van der Waals surface area contributed by atoms with Crippen LogP contribution in [0.4, 0.5) is 0 Å². The van der Waals surface area contributed by atoms with Crippen molar-refractivity contribution < 1.29 is 19.4 Å². The first-order valence-corrected chi connectivity index (χ1v) is 7.11. The van der Waals surface area contributed by atoms with Gasteiger partial charge in [0.05, 0.1) is 25.7 Å². The zero-order valence-electron chi connectivity index (χ0n) is 12.0. The van der Waals surface area contributed by atoms with Crippen molar-refractivity contribution in [1.82, 2.24) is 0 Å². The number of methoxy groups -OCH3 is 1. The highest BCUT2D eigenvalue weighted by atomic mass is 16.5. The molecule has 0 radical (unpaired) electrons. The van der Waals surface area contributed by atoms with Crippen molar-refractivity contribution in [3.63, 3.8) is 0 Å². The fraction of sp³-hybridized carbons (Fsp3) is 0.562. The monoisotopic (exact) mass is 278 g/mol. The van der Waals surface area contributed by atoms with Gasteiger partial charge >= 0.3 is 5.97 Å². The van der Waals surface area contributed by atoms with E-state index in [0.29, 0.717) is 13.0 Å². The molecule has 1 N–H and O–H groups in total. The van der Waals surface area contributed by atoms with Gasteiger partial charge < -0.3 is 14.6 Å². The minimum Gasteiger partial charge on any atom is -0.497 e. The molecule has 0 aromatic heterocycles. The lowest BCUT2D eigenvalue weighted by atomic mass is 9.94. The standard InChI is InChI=1S/C16H22O4/c1-3-12-8-14(9-15(12)16(17)18)20-10-11-4-6-13(19-2)7-5-11/h4-7,12,14-15H,3,8-10H2,1-2H3,(H,17,18)/t12-,14-,15+/m1/s1. The molecule has 20 heavy (non-hydrogen) atoms. The van der Waals surface area contributed by atoms with Gasteiger partial charge in [-0.15, -0.1) is 0 Å². The van der Waals surface area contributed by atoms with Crippen molar-refractivity contribution in [2.75, 3.05) is 7.11 Å². The average Bonchev–Trinajstić information content (AvgIpc) is 2.89. The molecular formula is C16H22O4. The molecule has 0 aliphatic heterocycles. The van der Waals surface area contributed by atoms with Gasteiger partial charge in [0.15, 0.2) is 0 Å². The molecule has 1 aliphatic carbocycles. The topological polar surface area (TPSA) is 55.8 Å². The zero-order chi connectivity index (χ0) is 14.5. The summed E-state index contributed by atoms with van der Waals surface area (Å²) < 4.78 is 11.0. The molecule has 0 spiro atoms. The molecule has 1 aromatic rings. The van der Waals surface area contributed by atoms with Gasteiger partial charge in [0, 0.05) is 0 Å². The van der Waals surface area contributed by atoms with E-state index in [0.717, 1.165) is 24.2 Å². The van der Waals surface area contributed by atoms with Crippen molar-refractivity contribution in [2.45, 2.75) is 38.9 Å². The van der Waals surface area contributed by atoms with E-state index in [1.54, 1.807) is 7.11 Å². The Balaban J connectivity index is 1.86. The Bertz CT molecular complexity index is 440. The molecule has 1 aromatic carbocycles. The Kier molecular flexibility index (Phi) is 5.01. The molecule has 4 nitrogen and oxygen atoms in total. The lowest BCUT2D eigenvalue weighted by Crippen LogP contribution is -2.17. The smallest absolute Gasteiger partial charge is 0.306 e. The summed E-state index contributed by atoms with van der Waals surface area (Å²) in [5, 5.41) is 9.21. The fourth-order valence-electron chi connectivity index (χ4n) is 2.90. The van der Waals surface area contributed by atoms with Crippen LogP contribution in [0.15, 0.2) is 24.3 Å². The minimum atomic E-state index is -0.688. The van der Waals surface area contributed by atoms with E-state index in [9.17, 15) is 9.90 Å². The van der Waals surface area contributed by atoms with E-state index in [-0.39, 0.29) is 17.9 Å². The molecule has 0 unspecified atom stereocenters. The van der Waals surface area contributed by atoms with Crippen LogP contribution in [-0.4, -0.2) is 24.3 Å². The summed E-state index contributed by atoms with van der Waals surface area (Å²) in [5.41, 5.74) is 1.08. The predicted molar refractivity (Wildman–Crippen MR) is 75.7 cm³/mol. The zero-order valence-corrected chi connectivity index (χ0v) is 12.0. The van der Waals surface area contributed by atoms with Crippen molar-refractivity contribution in [2.24, 2.45) is 11.8 Å². The van der Waals surface area contributed by atoms with E-state index in [1.807, 2.05) is 31.2 Å². The molecule has 0 amide bonds. The number of benzene rings is 1. The number of hydrogen-bond acceptors (Lipinski definition) is 3. The summed E-state index contributed by atoms with van der Waals surface area (Å²) in [4.78, 5) is 11.2. The number of hydrogen-bond donors (Lipinski definition) is 1. The first-order chi connectivity index (χ1) is 9.63. The summed E-state index contributed by atoms with van der Waals surface area (Å²) in [6.07, 6.45) is 2.44. The molecule has 2 rings (SSSR count). The van der Waals surface area contributed by atoms with Gasteiger partial charge in [-0.3, -0.25) is 4.79 Å². The summed E-state index contributed by atoms with van der Waals surface area (Å²) in [6.45, 7) is 2.57. The second-order valence-electron chi connectivity index (χ2n) is 5.37. The minimum absolute atomic E-state index is 0.0585. The second kappa shape index (κ2) is 6.75. The Labute approximate surface area is 119 Å². The first kappa shape index (κ1) is 14.9. The molecule has 110 valence electrons. The van der Waals surface area contributed by atoms with Crippen molar-refractivity contribution in [1.29, 1.82) is 0 Å². The van der Waals surface area contributed by atoms with Crippen LogP contribution in [0.1, 0.15) is 31.7 Å². The Hall–Kier alpha value is -1.55. The van der Waals surface area contributed by atoms with Gasteiger partial charge in [-0.2, -0.15) is 0 Å². The predicted octanol–water partition coefficient (Wildman–Crippen LogP) is 3.10. The Morgan fingerprint density at radius 3 is 2.50 bits per heavy atom. The average molecular weight is 278 g/mol. The third-order valence-corrected chi connectivity index (χ3v) is 4.14. The van der Waals surface area contributed by atoms with E-state index in [1.165, 1.54) is 0 Å². The van der Waals surface area contributed by atoms with E-state index in [4.69, 9.17) is 9.47 Å². The quantitative estimate of drug-likeness (QED) is 0.868. The highest BCUT2D eigenvalue weighted by Crippen LogP contribution is 2.36. The highest BCUT2D eigenvalue weighted by Gasteiger charge is 2.38. The number of carboxylic acid groups (broad SMARTS) is 1. The first-order valence-electron chi connectivity index (χ1n) is 7.11. The summed E-state index contributed by atoms with van der Waals surface area (Å²) in [5.74, 6) is 0.133. The second-order valence-corrected chi connectivity index (χ2v) is 5.37. The Morgan fingerprint density at radius 2 is 2.00 bits per heavy atom. The molecule has 1 saturated carbocycles. The van der Waals surface area contributed by atoms with E-state index >= 15 is 0 Å². The molecule has 0 heterocycles. The fourth-order valence-corrected chi connectivity index (χ4v) is 2.90. The third-order valence-electron chi connectivity index (χ3n) is 4.14. The van der Waals surface area contributed by atoms with Crippen LogP contribution in [-0.2, 0) is 16.1 Å². The van der Waals surface area contributed by atoms with Crippen molar-refractivity contribution in [3.05, 3.63) is 29.8 Å². The molecule has 1 aliphatic rings. The Morgan fingerprint density at radius 1 is 1.30 bits per heavy atom. The third kappa shape index (κ3) is 3.51. The van der Waals surface area contributed by atoms with Gasteiger partial charge in [0.2, 0.25) is 0 Å². The molecular weight excluding hydrogens is 256 g/mol. The van der Waals surface area contributed by atoms with Crippen molar-refractivity contribution in [3.8, 4) is 5.75 Å². The lowest BCUT2D eigenvalue weighted by Gasteiger charge is -2.12. The normalized spacial score (nSPS) is 25.6. The largest absolute Gasteiger partial charge is 0.497 e. The summed E-state index contributed by atoms with van der Waals surface area (Å²) in [6, 6.07) is 7.75. The summed E-state index contributed by atoms with van der Waals surface area (Å²) >= 11 is 0. The molecule has 0 bridgehead atoms. The van der Waals surface area contributed by atoms with Crippen LogP contribution in [0.5, 0.6) is 5.75 Å². The van der Waals surface area contributed by atoms with Gasteiger partial charge in [-0.25, -0.2) is 0 Å². The van der Waals surface area contributed by atoms with Crippen LogP contribution in [0.2, 0.25) is 0 Å². The van der Waals surface area contributed by atoms with Crippen LogP contribution in [0, 0.1) is 11.8 Å². The number of aliphatic carboxylic acids is 1. The van der Waals surface area contributed by atoms with Crippen LogP contribution in [0.25, 0.3) is 0 Å². The van der Waals surface area contributed by atoms with Gasteiger partial charge in [0.25, 0.3) is 0 Å². The number of carbonyl (C=O) groups is 1. The van der Waals surface area contributed by atoms with E-state index in [2.05, 4.69) is 0 Å².